The lowest BCUT2D eigenvalue weighted by molar-refractivity contribution is 0.0526. The topological polar surface area (TPSA) is 93.7 Å². The molecule has 0 atom stereocenters. The van der Waals surface area contributed by atoms with Crippen molar-refractivity contribution in [2.24, 2.45) is 0 Å². The number of phenols is 1. The molecular formula is C19H18N2O5. The molecule has 0 aliphatic heterocycles. The van der Waals surface area contributed by atoms with Crippen LogP contribution >= 0.6 is 0 Å². The number of carbonyl (C=O) groups is 1. The first-order chi connectivity index (χ1) is 12.6. The van der Waals surface area contributed by atoms with E-state index in [1.807, 2.05) is 0 Å². The Hall–Kier alpha value is -3.48. The molecular weight excluding hydrogens is 336 g/mol. The van der Waals surface area contributed by atoms with Gasteiger partial charge in [-0.15, -0.1) is 0 Å². The molecule has 0 aliphatic carbocycles. The van der Waals surface area contributed by atoms with Crippen molar-refractivity contribution in [1.82, 2.24) is 10.2 Å². The second kappa shape index (κ2) is 7.60. The number of ether oxygens (including phenoxy) is 3. The number of hydrogen-bond donors (Lipinski definition) is 2. The number of aromatic amines is 1. The molecule has 3 aromatic rings. The van der Waals surface area contributed by atoms with Gasteiger partial charge in [0, 0.05) is 11.6 Å². The third-order valence-electron chi connectivity index (χ3n) is 3.67. The average Bonchev–Trinajstić information content (AvgIpc) is 3.10. The summed E-state index contributed by atoms with van der Waals surface area (Å²) in [7, 11) is 1.53. The fourth-order valence-electron chi connectivity index (χ4n) is 2.40. The van der Waals surface area contributed by atoms with Crippen molar-refractivity contribution in [2.45, 2.75) is 6.92 Å². The van der Waals surface area contributed by atoms with Crippen LogP contribution in [0.3, 0.4) is 0 Å². The Balaban J connectivity index is 1.82. The number of benzene rings is 2. The van der Waals surface area contributed by atoms with Gasteiger partial charge >= 0.3 is 5.97 Å². The molecule has 0 aliphatic rings. The molecule has 3 rings (SSSR count). The van der Waals surface area contributed by atoms with Gasteiger partial charge < -0.3 is 19.3 Å². The number of aromatic hydroxyl groups is 1. The number of carbonyl (C=O) groups excluding carboxylic acids is 1. The standard InChI is InChI=1S/C19H18N2O5/c1-3-25-19(23)12-4-6-13(7-5-12)26-17-11-20-21-18(17)15-9-8-14(24-2)10-16(15)22/h4-11,22H,3H2,1-2H3,(H,20,21). The molecule has 0 saturated heterocycles. The Morgan fingerprint density at radius 1 is 1.15 bits per heavy atom. The van der Waals surface area contributed by atoms with E-state index in [1.165, 1.54) is 19.4 Å². The number of esters is 1. The summed E-state index contributed by atoms with van der Waals surface area (Å²) in [6.07, 6.45) is 1.51. The van der Waals surface area contributed by atoms with Crippen molar-refractivity contribution < 1.29 is 24.1 Å². The summed E-state index contributed by atoms with van der Waals surface area (Å²) in [6.45, 7) is 2.07. The first kappa shape index (κ1) is 17.3. The quantitative estimate of drug-likeness (QED) is 0.655. The van der Waals surface area contributed by atoms with Gasteiger partial charge in [-0.2, -0.15) is 5.10 Å². The van der Waals surface area contributed by atoms with E-state index in [1.54, 1.807) is 43.3 Å². The number of aromatic nitrogens is 2. The van der Waals surface area contributed by atoms with E-state index in [4.69, 9.17) is 14.2 Å². The minimum Gasteiger partial charge on any atom is -0.507 e. The van der Waals surface area contributed by atoms with E-state index in [2.05, 4.69) is 10.2 Å². The molecule has 0 fully saturated rings. The van der Waals surface area contributed by atoms with E-state index in [-0.39, 0.29) is 11.7 Å². The summed E-state index contributed by atoms with van der Waals surface area (Å²) in [5.74, 6) is 1.16. The lowest BCUT2D eigenvalue weighted by atomic mass is 10.1. The molecule has 0 radical (unpaired) electrons. The van der Waals surface area contributed by atoms with Gasteiger partial charge in [0.15, 0.2) is 5.75 Å². The Morgan fingerprint density at radius 3 is 2.54 bits per heavy atom. The fraction of sp³-hybridized carbons (Fsp3) is 0.158. The summed E-state index contributed by atoms with van der Waals surface area (Å²) in [4.78, 5) is 11.7. The molecule has 7 heteroatoms. The van der Waals surface area contributed by atoms with Crippen LogP contribution < -0.4 is 9.47 Å². The van der Waals surface area contributed by atoms with Gasteiger partial charge in [0.05, 0.1) is 25.5 Å². The summed E-state index contributed by atoms with van der Waals surface area (Å²) in [6, 6.07) is 11.5. The van der Waals surface area contributed by atoms with Crippen molar-refractivity contribution in [2.75, 3.05) is 13.7 Å². The van der Waals surface area contributed by atoms with Crippen LogP contribution in [0.25, 0.3) is 11.3 Å². The van der Waals surface area contributed by atoms with Crippen LogP contribution in [0, 0.1) is 0 Å². The van der Waals surface area contributed by atoms with Gasteiger partial charge in [0.1, 0.15) is 22.9 Å². The zero-order valence-corrected chi connectivity index (χ0v) is 14.4. The fourth-order valence-corrected chi connectivity index (χ4v) is 2.40. The predicted molar refractivity (Wildman–Crippen MR) is 94.7 cm³/mol. The van der Waals surface area contributed by atoms with Crippen molar-refractivity contribution in [3.63, 3.8) is 0 Å². The zero-order chi connectivity index (χ0) is 18.5. The first-order valence-corrected chi connectivity index (χ1v) is 7.98. The number of H-pyrrole nitrogens is 1. The molecule has 0 saturated carbocycles. The molecule has 0 spiro atoms. The zero-order valence-electron chi connectivity index (χ0n) is 14.4. The summed E-state index contributed by atoms with van der Waals surface area (Å²) in [5, 5.41) is 17.0. The first-order valence-electron chi connectivity index (χ1n) is 7.98. The van der Waals surface area contributed by atoms with E-state index in [9.17, 15) is 9.90 Å². The van der Waals surface area contributed by atoms with Gasteiger partial charge in [-0.3, -0.25) is 5.10 Å². The van der Waals surface area contributed by atoms with E-state index >= 15 is 0 Å². The summed E-state index contributed by atoms with van der Waals surface area (Å²) in [5.41, 5.74) is 1.50. The highest BCUT2D eigenvalue weighted by atomic mass is 16.5. The normalized spacial score (nSPS) is 10.4. The predicted octanol–water partition coefficient (Wildman–Crippen LogP) is 3.76. The molecule has 0 unspecified atom stereocenters. The number of rotatable bonds is 6. The highest BCUT2D eigenvalue weighted by molar-refractivity contribution is 5.89. The molecule has 0 bridgehead atoms. The number of nitrogens with zero attached hydrogens (tertiary/aromatic N) is 1. The Labute approximate surface area is 150 Å². The Kier molecular flexibility index (Phi) is 5.07. The second-order valence-electron chi connectivity index (χ2n) is 5.34. The van der Waals surface area contributed by atoms with Gasteiger partial charge in [0.2, 0.25) is 0 Å². The third-order valence-corrected chi connectivity index (χ3v) is 3.67. The van der Waals surface area contributed by atoms with Crippen LogP contribution in [0.5, 0.6) is 23.0 Å². The average molecular weight is 354 g/mol. The van der Waals surface area contributed by atoms with Gasteiger partial charge in [0.25, 0.3) is 0 Å². The third kappa shape index (κ3) is 3.61. The van der Waals surface area contributed by atoms with Crippen molar-refractivity contribution in [1.29, 1.82) is 0 Å². The van der Waals surface area contributed by atoms with Gasteiger partial charge in [-0.25, -0.2) is 4.79 Å². The number of hydrogen-bond acceptors (Lipinski definition) is 6. The SMILES string of the molecule is CCOC(=O)c1ccc(Oc2cn[nH]c2-c2ccc(OC)cc2O)cc1. The molecule has 2 aromatic carbocycles. The molecule has 26 heavy (non-hydrogen) atoms. The smallest absolute Gasteiger partial charge is 0.338 e. The molecule has 134 valence electrons. The van der Waals surface area contributed by atoms with Crippen LogP contribution in [0.15, 0.2) is 48.7 Å². The van der Waals surface area contributed by atoms with Crippen LogP contribution in [0.1, 0.15) is 17.3 Å². The molecule has 0 amide bonds. The van der Waals surface area contributed by atoms with Crippen molar-refractivity contribution in [3.8, 4) is 34.3 Å². The maximum absolute atomic E-state index is 11.7. The molecule has 1 heterocycles. The number of methoxy groups -OCH3 is 1. The second-order valence-corrected chi connectivity index (χ2v) is 5.34. The number of phenolic OH excluding ortho intramolecular Hbond substituents is 1. The minimum atomic E-state index is -0.383. The monoisotopic (exact) mass is 354 g/mol. The van der Waals surface area contributed by atoms with Crippen LogP contribution in [-0.4, -0.2) is 35.0 Å². The molecule has 1 aromatic heterocycles. The maximum Gasteiger partial charge on any atom is 0.338 e. The van der Waals surface area contributed by atoms with Crippen LogP contribution in [0.4, 0.5) is 0 Å². The summed E-state index contributed by atoms with van der Waals surface area (Å²) < 4.78 is 15.9. The van der Waals surface area contributed by atoms with E-state index in [0.29, 0.717) is 40.7 Å². The van der Waals surface area contributed by atoms with E-state index < -0.39 is 0 Å². The Bertz CT molecular complexity index is 903. The number of nitrogens with one attached hydrogen (secondary N) is 1. The van der Waals surface area contributed by atoms with Crippen LogP contribution in [-0.2, 0) is 4.74 Å². The van der Waals surface area contributed by atoms with Gasteiger partial charge in [-0.1, -0.05) is 0 Å². The van der Waals surface area contributed by atoms with Crippen LogP contribution in [0.2, 0.25) is 0 Å². The highest BCUT2D eigenvalue weighted by Gasteiger charge is 2.15. The van der Waals surface area contributed by atoms with Gasteiger partial charge in [-0.05, 0) is 43.3 Å². The van der Waals surface area contributed by atoms with E-state index in [0.717, 1.165) is 0 Å². The Morgan fingerprint density at radius 2 is 1.88 bits per heavy atom. The van der Waals surface area contributed by atoms with Crippen molar-refractivity contribution >= 4 is 5.97 Å². The lowest BCUT2D eigenvalue weighted by Crippen LogP contribution is -2.04. The highest BCUT2D eigenvalue weighted by Crippen LogP contribution is 2.37. The minimum absolute atomic E-state index is 0.0381. The van der Waals surface area contributed by atoms with Crippen molar-refractivity contribution in [3.05, 3.63) is 54.2 Å². The molecule has 2 N–H and O–H groups in total. The largest absolute Gasteiger partial charge is 0.507 e. The molecule has 7 nitrogen and oxygen atoms in total. The summed E-state index contributed by atoms with van der Waals surface area (Å²) >= 11 is 0. The maximum atomic E-state index is 11.7. The lowest BCUT2D eigenvalue weighted by Gasteiger charge is -2.09.